The summed E-state index contributed by atoms with van der Waals surface area (Å²) in [6.07, 6.45) is 0.177. The van der Waals surface area contributed by atoms with E-state index in [0.29, 0.717) is 5.75 Å². The fourth-order valence-electron chi connectivity index (χ4n) is 1.88. The fourth-order valence-corrected chi connectivity index (χ4v) is 1.88. The number of benzene rings is 1. The quantitative estimate of drug-likeness (QED) is 0.701. The Labute approximate surface area is 123 Å². The van der Waals surface area contributed by atoms with Crippen LogP contribution in [0.15, 0.2) is 24.3 Å². The third-order valence-corrected chi connectivity index (χ3v) is 3.25. The first-order valence-corrected chi connectivity index (χ1v) is 6.63. The first kappa shape index (κ1) is 17.0. The van der Waals surface area contributed by atoms with E-state index >= 15 is 0 Å². The number of para-hydroxylation sites is 1. The molecule has 0 aromatic heterocycles. The van der Waals surface area contributed by atoms with Gasteiger partial charge in [-0.2, -0.15) is 0 Å². The molecule has 1 amide bonds. The topological polar surface area (TPSA) is 95.9 Å². The van der Waals surface area contributed by atoms with Gasteiger partial charge in [-0.25, -0.2) is 4.79 Å². The maximum absolute atomic E-state index is 11.8. The zero-order valence-electron chi connectivity index (χ0n) is 12.4. The molecule has 21 heavy (non-hydrogen) atoms. The maximum atomic E-state index is 11.8. The zero-order chi connectivity index (χ0) is 16.0. The van der Waals surface area contributed by atoms with E-state index in [1.165, 1.54) is 0 Å². The highest BCUT2D eigenvalue weighted by atomic mass is 16.5. The summed E-state index contributed by atoms with van der Waals surface area (Å²) in [5, 5.41) is 20.7. The monoisotopic (exact) mass is 295 g/mol. The smallest absolute Gasteiger partial charge is 0.337 e. The summed E-state index contributed by atoms with van der Waals surface area (Å²) in [6, 6.07) is 7.41. The predicted octanol–water partition coefficient (Wildman–Crippen LogP) is 1.14. The molecule has 1 rings (SSSR count). The number of carboxylic acids is 1. The van der Waals surface area contributed by atoms with Crippen molar-refractivity contribution >= 4 is 11.9 Å². The summed E-state index contributed by atoms with van der Waals surface area (Å²) in [5.74, 6) is -1.08. The van der Waals surface area contributed by atoms with Gasteiger partial charge in [0.2, 0.25) is 5.91 Å². The minimum absolute atomic E-state index is 0.0871. The van der Waals surface area contributed by atoms with E-state index in [4.69, 9.17) is 9.84 Å². The molecule has 0 bridgehead atoms. The Hall–Kier alpha value is -2.08. The number of carbonyl (C=O) groups excluding carboxylic acids is 1. The van der Waals surface area contributed by atoms with Gasteiger partial charge in [-0.1, -0.05) is 25.1 Å². The van der Waals surface area contributed by atoms with Gasteiger partial charge >= 0.3 is 5.97 Å². The largest absolute Gasteiger partial charge is 0.496 e. The van der Waals surface area contributed by atoms with Crippen LogP contribution in [0.1, 0.15) is 31.7 Å². The molecule has 0 radical (unpaired) electrons. The maximum Gasteiger partial charge on any atom is 0.337 e. The first-order valence-electron chi connectivity index (χ1n) is 6.63. The molecular formula is C15H21NO5. The van der Waals surface area contributed by atoms with Crippen LogP contribution < -0.4 is 10.1 Å². The van der Waals surface area contributed by atoms with E-state index in [1.807, 2.05) is 31.2 Å². The highest BCUT2D eigenvalue weighted by Gasteiger charge is 2.30. The Bertz CT molecular complexity index is 513. The van der Waals surface area contributed by atoms with Crippen molar-refractivity contribution in [1.82, 2.24) is 5.32 Å². The van der Waals surface area contributed by atoms with Crippen molar-refractivity contribution in [3.8, 4) is 5.75 Å². The molecule has 2 atom stereocenters. The van der Waals surface area contributed by atoms with Gasteiger partial charge in [0, 0.05) is 6.42 Å². The number of nitrogens with one attached hydrogen (secondary N) is 1. The number of rotatable bonds is 7. The van der Waals surface area contributed by atoms with Gasteiger partial charge < -0.3 is 20.3 Å². The van der Waals surface area contributed by atoms with Crippen molar-refractivity contribution in [2.75, 3.05) is 13.7 Å². The van der Waals surface area contributed by atoms with E-state index in [0.717, 1.165) is 12.5 Å². The molecule has 0 saturated heterocycles. The molecule has 1 aromatic rings. The lowest BCUT2D eigenvalue weighted by Gasteiger charge is -2.20. The third kappa shape index (κ3) is 4.75. The zero-order valence-corrected chi connectivity index (χ0v) is 12.4. The van der Waals surface area contributed by atoms with Crippen LogP contribution in [-0.2, 0) is 9.59 Å². The normalized spacial score (nSPS) is 14.9. The Morgan fingerprint density at radius 1 is 1.38 bits per heavy atom. The van der Waals surface area contributed by atoms with E-state index in [2.05, 4.69) is 5.32 Å². The van der Waals surface area contributed by atoms with Crippen LogP contribution >= 0.6 is 0 Å². The minimum Gasteiger partial charge on any atom is -0.496 e. The Kier molecular flexibility index (Phi) is 5.72. The summed E-state index contributed by atoms with van der Waals surface area (Å²) >= 11 is 0. The van der Waals surface area contributed by atoms with E-state index in [1.54, 1.807) is 7.11 Å². The van der Waals surface area contributed by atoms with Gasteiger partial charge in [0.25, 0.3) is 0 Å². The number of carboxylic acid groups (broad SMARTS) is 1. The molecule has 0 fully saturated rings. The highest BCUT2D eigenvalue weighted by molar-refractivity contribution is 5.80. The number of amides is 1. The third-order valence-electron chi connectivity index (χ3n) is 3.25. The van der Waals surface area contributed by atoms with Crippen molar-refractivity contribution in [2.24, 2.45) is 0 Å². The summed E-state index contributed by atoms with van der Waals surface area (Å²) in [6.45, 7) is 2.69. The van der Waals surface area contributed by atoms with Crippen molar-refractivity contribution in [3.05, 3.63) is 29.8 Å². The predicted molar refractivity (Wildman–Crippen MR) is 77.3 cm³/mol. The molecule has 0 heterocycles. The van der Waals surface area contributed by atoms with Gasteiger partial charge in [0.1, 0.15) is 5.75 Å². The Morgan fingerprint density at radius 2 is 2.00 bits per heavy atom. The first-order chi connectivity index (χ1) is 9.77. The summed E-state index contributed by atoms with van der Waals surface area (Å²) < 4.78 is 5.24. The molecule has 6 nitrogen and oxygen atoms in total. The molecule has 2 unspecified atom stereocenters. The minimum atomic E-state index is -1.97. The standard InChI is InChI=1S/C15H21NO5/c1-10(11-6-4-5-7-12(11)21-3)8-13(17)16-9-15(2,20)14(18)19/h4-7,10,20H,8-9H2,1-3H3,(H,16,17)(H,18,19). The van der Waals surface area contributed by atoms with Gasteiger partial charge in [0.15, 0.2) is 5.60 Å². The van der Waals surface area contributed by atoms with E-state index in [-0.39, 0.29) is 24.8 Å². The van der Waals surface area contributed by atoms with Crippen molar-refractivity contribution < 1.29 is 24.5 Å². The van der Waals surface area contributed by atoms with Crippen molar-refractivity contribution in [3.63, 3.8) is 0 Å². The molecule has 0 spiro atoms. The number of methoxy groups -OCH3 is 1. The molecule has 1 aromatic carbocycles. The van der Waals surface area contributed by atoms with Crippen LogP contribution in [0.4, 0.5) is 0 Å². The second-order valence-electron chi connectivity index (χ2n) is 5.20. The van der Waals surface area contributed by atoms with Gasteiger partial charge in [-0.15, -0.1) is 0 Å². The number of carbonyl (C=O) groups is 2. The van der Waals surface area contributed by atoms with Gasteiger partial charge in [-0.05, 0) is 24.5 Å². The van der Waals surface area contributed by atoms with Crippen molar-refractivity contribution in [1.29, 1.82) is 0 Å². The lowest BCUT2D eigenvalue weighted by molar-refractivity contribution is -0.156. The molecular weight excluding hydrogens is 274 g/mol. The summed E-state index contributed by atoms with van der Waals surface area (Å²) in [7, 11) is 1.57. The number of aliphatic hydroxyl groups is 1. The molecule has 6 heteroatoms. The molecule has 116 valence electrons. The second-order valence-corrected chi connectivity index (χ2v) is 5.20. The lowest BCUT2D eigenvalue weighted by atomic mass is 9.96. The highest BCUT2D eigenvalue weighted by Crippen LogP contribution is 2.28. The van der Waals surface area contributed by atoms with Crippen LogP contribution in [-0.4, -0.2) is 41.3 Å². The van der Waals surface area contributed by atoms with Crippen LogP contribution in [0.2, 0.25) is 0 Å². The average Bonchev–Trinajstić information content (AvgIpc) is 2.45. The van der Waals surface area contributed by atoms with E-state index in [9.17, 15) is 14.7 Å². The van der Waals surface area contributed by atoms with Crippen LogP contribution in [0.25, 0.3) is 0 Å². The molecule has 0 aliphatic heterocycles. The summed E-state index contributed by atoms with van der Waals surface area (Å²) in [4.78, 5) is 22.6. The van der Waals surface area contributed by atoms with Crippen molar-refractivity contribution in [2.45, 2.75) is 31.8 Å². The molecule has 0 aliphatic rings. The molecule has 0 saturated carbocycles. The van der Waals surface area contributed by atoms with Crippen LogP contribution in [0, 0.1) is 0 Å². The van der Waals surface area contributed by atoms with Gasteiger partial charge in [-0.3, -0.25) is 4.79 Å². The Morgan fingerprint density at radius 3 is 2.57 bits per heavy atom. The number of hydrogen-bond donors (Lipinski definition) is 3. The second kappa shape index (κ2) is 7.08. The number of aliphatic carboxylic acids is 1. The Balaban J connectivity index is 2.61. The number of ether oxygens (including phenoxy) is 1. The lowest BCUT2D eigenvalue weighted by Crippen LogP contribution is -2.46. The SMILES string of the molecule is COc1ccccc1C(C)CC(=O)NCC(C)(O)C(=O)O. The molecule has 3 N–H and O–H groups in total. The average molecular weight is 295 g/mol. The van der Waals surface area contributed by atoms with Crippen LogP contribution in [0.3, 0.4) is 0 Å². The molecule has 0 aliphatic carbocycles. The number of hydrogen-bond acceptors (Lipinski definition) is 4. The van der Waals surface area contributed by atoms with Crippen LogP contribution in [0.5, 0.6) is 5.75 Å². The summed E-state index contributed by atoms with van der Waals surface area (Å²) in [5.41, 5.74) is -1.07. The van der Waals surface area contributed by atoms with Gasteiger partial charge in [0.05, 0.1) is 13.7 Å². The fraction of sp³-hybridized carbons (Fsp3) is 0.467. The van der Waals surface area contributed by atoms with E-state index < -0.39 is 11.6 Å².